The van der Waals surface area contributed by atoms with Gasteiger partial charge in [0, 0.05) is 5.92 Å². The van der Waals surface area contributed by atoms with Crippen molar-refractivity contribution in [2.24, 2.45) is 5.92 Å². The van der Waals surface area contributed by atoms with E-state index in [0.717, 1.165) is 12.1 Å². The predicted octanol–water partition coefficient (Wildman–Crippen LogP) is 2.91. The van der Waals surface area contributed by atoms with Gasteiger partial charge in [-0.3, -0.25) is 20.4 Å². The molecule has 1 saturated carbocycles. The summed E-state index contributed by atoms with van der Waals surface area (Å²) in [5.41, 5.74) is 4.68. The second-order valence-corrected chi connectivity index (χ2v) is 6.50. The number of hydrogen-bond donors (Lipinski definition) is 2. The Hall–Kier alpha value is -3.54. The Morgan fingerprint density at radius 1 is 1.10 bits per heavy atom. The molecule has 2 unspecified atom stereocenters. The van der Waals surface area contributed by atoms with Gasteiger partial charge in [0.25, 0.3) is 5.91 Å². The van der Waals surface area contributed by atoms with Crippen molar-refractivity contribution in [2.75, 3.05) is 6.61 Å². The molecular weight excluding hydrogens is 387 g/mol. The highest BCUT2D eigenvalue weighted by Gasteiger charge is 2.44. The normalized spacial score (nSPS) is 17.7. The molecule has 0 aromatic heterocycles. The molecule has 1 fully saturated rings. The Morgan fingerprint density at radius 2 is 1.79 bits per heavy atom. The highest BCUT2D eigenvalue weighted by atomic mass is 19.4. The third-order valence-corrected chi connectivity index (χ3v) is 4.48. The number of benzene rings is 2. The number of amides is 2. The van der Waals surface area contributed by atoms with Gasteiger partial charge < -0.3 is 4.74 Å². The van der Waals surface area contributed by atoms with Crippen LogP contribution in [-0.4, -0.2) is 18.4 Å². The fraction of sp³-hybridized carbons (Fsp3) is 0.250. The van der Waals surface area contributed by atoms with Crippen molar-refractivity contribution in [3.63, 3.8) is 0 Å². The van der Waals surface area contributed by atoms with E-state index in [1.165, 1.54) is 12.1 Å². The Labute approximate surface area is 164 Å². The number of nitrogens with zero attached hydrogens (tertiary/aromatic N) is 1. The van der Waals surface area contributed by atoms with Gasteiger partial charge in [-0.25, -0.2) is 0 Å². The topological polar surface area (TPSA) is 91.2 Å². The average molecular weight is 403 g/mol. The lowest BCUT2D eigenvalue weighted by Gasteiger charge is -2.10. The Kier molecular flexibility index (Phi) is 5.73. The minimum Gasteiger partial charge on any atom is -0.482 e. The molecule has 0 spiro atoms. The van der Waals surface area contributed by atoms with Crippen LogP contribution in [0.15, 0.2) is 48.5 Å². The summed E-state index contributed by atoms with van der Waals surface area (Å²) in [6.07, 6.45) is -3.92. The van der Waals surface area contributed by atoms with E-state index in [-0.39, 0.29) is 17.2 Å². The Morgan fingerprint density at radius 3 is 2.45 bits per heavy atom. The van der Waals surface area contributed by atoms with Crippen molar-refractivity contribution in [1.29, 1.82) is 5.26 Å². The second-order valence-electron chi connectivity index (χ2n) is 6.50. The van der Waals surface area contributed by atoms with Gasteiger partial charge in [-0.1, -0.05) is 24.3 Å². The SMILES string of the molecule is N#Cc1ccccc1OCC(=O)NNC(=O)C1CC1c1ccc(C(F)(F)F)cc1. The average Bonchev–Trinajstić information content (AvgIpc) is 3.51. The van der Waals surface area contributed by atoms with Gasteiger partial charge >= 0.3 is 6.18 Å². The fourth-order valence-corrected chi connectivity index (χ4v) is 2.86. The zero-order valence-corrected chi connectivity index (χ0v) is 15.0. The number of hydrazine groups is 1. The van der Waals surface area contributed by atoms with Gasteiger partial charge in [-0.05, 0) is 42.2 Å². The van der Waals surface area contributed by atoms with E-state index in [1.807, 2.05) is 6.07 Å². The number of halogens is 3. The monoisotopic (exact) mass is 403 g/mol. The highest BCUT2D eigenvalue weighted by molar-refractivity contribution is 5.86. The summed E-state index contributed by atoms with van der Waals surface area (Å²) in [6, 6.07) is 13.0. The van der Waals surface area contributed by atoms with E-state index >= 15 is 0 Å². The van der Waals surface area contributed by atoms with E-state index in [9.17, 15) is 22.8 Å². The summed E-state index contributed by atoms with van der Waals surface area (Å²) in [7, 11) is 0. The van der Waals surface area contributed by atoms with E-state index in [2.05, 4.69) is 10.9 Å². The Bertz CT molecular complexity index is 952. The third-order valence-electron chi connectivity index (χ3n) is 4.48. The number of alkyl halides is 3. The zero-order chi connectivity index (χ0) is 21.0. The molecule has 3 rings (SSSR count). The first kappa shape index (κ1) is 20.2. The molecule has 0 heterocycles. The minimum absolute atomic E-state index is 0.187. The zero-order valence-electron chi connectivity index (χ0n) is 15.0. The van der Waals surface area contributed by atoms with Gasteiger partial charge in [-0.15, -0.1) is 0 Å². The van der Waals surface area contributed by atoms with Crippen LogP contribution in [0, 0.1) is 17.2 Å². The van der Waals surface area contributed by atoms with Crippen molar-refractivity contribution in [3.8, 4) is 11.8 Å². The van der Waals surface area contributed by atoms with Crippen LogP contribution in [0.2, 0.25) is 0 Å². The number of nitrogens with one attached hydrogen (secondary N) is 2. The van der Waals surface area contributed by atoms with E-state index in [4.69, 9.17) is 10.00 Å². The minimum atomic E-state index is -4.40. The molecule has 1 aliphatic carbocycles. The van der Waals surface area contributed by atoms with Gasteiger partial charge in [0.1, 0.15) is 11.8 Å². The van der Waals surface area contributed by atoms with Gasteiger partial charge in [0.05, 0.1) is 11.1 Å². The summed E-state index contributed by atoms with van der Waals surface area (Å²) in [6.45, 7) is -0.397. The molecule has 2 atom stereocenters. The summed E-state index contributed by atoms with van der Waals surface area (Å²) >= 11 is 0. The maximum atomic E-state index is 12.6. The van der Waals surface area contributed by atoms with Crippen molar-refractivity contribution in [1.82, 2.24) is 10.9 Å². The van der Waals surface area contributed by atoms with Crippen molar-refractivity contribution in [2.45, 2.75) is 18.5 Å². The second kappa shape index (κ2) is 8.22. The molecule has 0 aliphatic heterocycles. The van der Waals surface area contributed by atoms with Crippen LogP contribution in [0.3, 0.4) is 0 Å². The Balaban J connectivity index is 1.44. The van der Waals surface area contributed by atoms with Crippen LogP contribution in [0.5, 0.6) is 5.75 Å². The summed E-state index contributed by atoms with van der Waals surface area (Å²) in [5.74, 6) is -1.40. The van der Waals surface area contributed by atoms with Crippen molar-refractivity contribution in [3.05, 3.63) is 65.2 Å². The number of carbonyl (C=O) groups is 2. The van der Waals surface area contributed by atoms with Crippen LogP contribution < -0.4 is 15.6 Å². The molecule has 6 nitrogen and oxygen atoms in total. The molecular formula is C20H16F3N3O3. The first-order valence-electron chi connectivity index (χ1n) is 8.67. The van der Waals surface area contributed by atoms with Crippen LogP contribution in [0.4, 0.5) is 13.2 Å². The molecule has 1 aliphatic rings. The summed E-state index contributed by atoms with van der Waals surface area (Å²) in [4.78, 5) is 23.9. The molecule has 2 amide bonds. The van der Waals surface area contributed by atoms with Crippen molar-refractivity contribution >= 4 is 11.8 Å². The first-order valence-corrected chi connectivity index (χ1v) is 8.67. The van der Waals surface area contributed by atoms with Gasteiger partial charge in [-0.2, -0.15) is 18.4 Å². The lowest BCUT2D eigenvalue weighted by Crippen LogP contribution is -2.44. The molecule has 29 heavy (non-hydrogen) atoms. The smallest absolute Gasteiger partial charge is 0.416 e. The summed E-state index contributed by atoms with van der Waals surface area (Å²) in [5, 5.41) is 8.96. The van der Waals surface area contributed by atoms with Crippen LogP contribution in [0.25, 0.3) is 0 Å². The number of nitriles is 1. The maximum Gasteiger partial charge on any atom is 0.416 e. The lowest BCUT2D eigenvalue weighted by molar-refractivity contribution is -0.137. The van der Waals surface area contributed by atoms with E-state index < -0.39 is 36.1 Å². The molecule has 150 valence electrons. The van der Waals surface area contributed by atoms with Gasteiger partial charge in [0.2, 0.25) is 5.91 Å². The number of carbonyl (C=O) groups excluding carboxylic acids is 2. The first-order chi connectivity index (χ1) is 13.8. The molecule has 2 N–H and O–H groups in total. The highest BCUT2D eigenvalue weighted by Crippen LogP contribution is 2.47. The standard InChI is InChI=1S/C20H16F3N3O3/c21-20(22,23)14-7-5-12(6-8-14)15-9-16(15)19(28)26-25-18(27)11-29-17-4-2-1-3-13(17)10-24/h1-8,15-16H,9,11H2,(H,25,27)(H,26,28). The molecule has 9 heteroatoms. The summed E-state index contributed by atoms with van der Waals surface area (Å²) < 4.78 is 43.1. The van der Waals surface area contributed by atoms with E-state index in [1.54, 1.807) is 24.3 Å². The lowest BCUT2D eigenvalue weighted by atomic mass is 10.1. The van der Waals surface area contributed by atoms with Crippen LogP contribution in [-0.2, 0) is 15.8 Å². The number of hydrogen-bond acceptors (Lipinski definition) is 4. The molecule has 0 bridgehead atoms. The largest absolute Gasteiger partial charge is 0.482 e. The van der Waals surface area contributed by atoms with Crippen LogP contribution >= 0.6 is 0 Å². The van der Waals surface area contributed by atoms with Gasteiger partial charge in [0.15, 0.2) is 6.61 Å². The number of para-hydroxylation sites is 1. The quantitative estimate of drug-likeness (QED) is 0.751. The predicted molar refractivity (Wildman–Crippen MR) is 95.2 cm³/mol. The van der Waals surface area contributed by atoms with Crippen LogP contribution in [0.1, 0.15) is 29.0 Å². The van der Waals surface area contributed by atoms with E-state index in [0.29, 0.717) is 12.0 Å². The molecule has 2 aromatic carbocycles. The number of ether oxygens (including phenoxy) is 1. The third kappa shape index (κ3) is 5.04. The number of rotatable bonds is 5. The molecule has 0 saturated heterocycles. The maximum absolute atomic E-state index is 12.6. The van der Waals surface area contributed by atoms with Crippen molar-refractivity contribution < 1.29 is 27.5 Å². The molecule has 0 radical (unpaired) electrons. The molecule has 2 aromatic rings. The fourth-order valence-electron chi connectivity index (χ4n) is 2.86.